The van der Waals surface area contributed by atoms with Crippen molar-refractivity contribution in [1.29, 1.82) is 0 Å². The predicted molar refractivity (Wildman–Crippen MR) is 95.8 cm³/mol. The van der Waals surface area contributed by atoms with Gasteiger partial charge in [-0.25, -0.2) is 8.78 Å². The van der Waals surface area contributed by atoms with Crippen LogP contribution in [0.4, 0.5) is 20.2 Å². The summed E-state index contributed by atoms with van der Waals surface area (Å²) in [5.41, 5.74) is 1.58. The largest absolute Gasteiger partial charge is 0.374 e. The molecule has 0 saturated heterocycles. The van der Waals surface area contributed by atoms with Gasteiger partial charge in [0, 0.05) is 24.1 Å². The molecule has 0 aliphatic rings. The van der Waals surface area contributed by atoms with Gasteiger partial charge in [0.2, 0.25) is 5.91 Å². The number of nitrogens with one attached hydrogen (secondary N) is 2. The number of amides is 1. The number of carbonyl (C=O) groups is 1. The van der Waals surface area contributed by atoms with E-state index in [4.69, 9.17) is 0 Å². The third-order valence-corrected chi connectivity index (χ3v) is 3.79. The number of aromatic nitrogens is 2. The zero-order valence-corrected chi connectivity index (χ0v) is 14.1. The highest BCUT2D eigenvalue weighted by Crippen LogP contribution is 2.17. The predicted octanol–water partition coefficient (Wildman–Crippen LogP) is 3.65. The second-order valence-electron chi connectivity index (χ2n) is 5.88. The van der Waals surface area contributed by atoms with E-state index in [0.717, 1.165) is 29.4 Å². The molecule has 2 aromatic carbocycles. The lowest BCUT2D eigenvalue weighted by molar-refractivity contribution is -0.116. The normalized spacial score (nSPS) is 11.8. The first-order chi connectivity index (χ1) is 12.5. The summed E-state index contributed by atoms with van der Waals surface area (Å²) in [5, 5.41) is 9.61. The molecule has 7 heteroatoms. The van der Waals surface area contributed by atoms with Crippen LogP contribution in [0.3, 0.4) is 0 Å². The van der Waals surface area contributed by atoms with Gasteiger partial charge in [-0.2, -0.15) is 5.10 Å². The van der Waals surface area contributed by atoms with Gasteiger partial charge in [-0.15, -0.1) is 0 Å². The van der Waals surface area contributed by atoms with E-state index >= 15 is 0 Å². The summed E-state index contributed by atoms with van der Waals surface area (Å²) in [5.74, 6) is -1.77. The number of anilines is 2. The van der Waals surface area contributed by atoms with E-state index in [1.165, 1.54) is 0 Å². The minimum absolute atomic E-state index is 0.184. The average molecular weight is 356 g/mol. The summed E-state index contributed by atoms with van der Waals surface area (Å²) in [4.78, 5) is 12.2. The maximum atomic E-state index is 13.6. The molecule has 0 saturated carbocycles. The van der Waals surface area contributed by atoms with Gasteiger partial charge in [0.25, 0.3) is 0 Å². The Morgan fingerprint density at radius 2 is 2.04 bits per heavy atom. The lowest BCUT2D eigenvalue weighted by Crippen LogP contribution is -2.32. The third kappa shape index (κ3) is 4.44. The summed E-state index contributed by atoms with van der Waals surface area (Å²) in [6, 6.07) is 11.7. The topological polar surface area (TPSA) is 59.0 Å². The molecular formula is C19H18F2N4O. The van der Waals surface area contributed by atoms with Crippen LogP contribution in [0, 0.1) is 11.6 Å². The van der Waals surface area contributed by atoms with Gasteiger partial charge in [-0.1, -0.05) is 12.1 Å². The second-order valence-corrected chi connectivity index (χ2v) is 5.88. The molecule has 5 nitrogen and oxygen atoms in total. The molecule has 0 aliphatic carbocycles. The lowest BCUT2D eigenvalue weighted by Gasteiger charge is -2.16. The molecule has 1 amide bonds. The molecule has 2 N–H and O–H groups in total. The first kappa shape index (κ1) is 17.6. The van der Waals surface area contributed by atoms with Gasteiger partial charge in [0.1, 0.15) is 17.7 Å². The average Bonchev–Trinajstić information content (AvgIpc) is 3.11. The van der Waals surface area contributed by atoms with Crippen molar-refractivity contribution in [1.82, 2.24) is 9.78 Å². The summed E-state index contributed by atoms with van der Waals surface area (Å²) in [6.07, 6.45) is 3.57. The number of nitrogens with zero attached hydrogens (tertiary/aromatic N) is 2. The highest BCUT2D eigenvalue weighted by molar-refractivity contribution is 5.96. The Hall–Kier alpha value is -3.22. The standard InChI is InChI=1S/C19H18F2N4O/c1-13(19(26)24-18-11-15(20)6-7-17(18)21)23-16-5-2-4-14(10-16)12-25-9-3-8-22-25/h2-11,13,23H,12H2,1H3,(H,24,26). The van der Waals surface area contributed by atoms with Crippen LogP contribution in [0.1, 0.15) is 12.5 Å². The fourth-order valence-corrected chi connectivity index (χ4v) is 2.49. The first-order valence-corrected chi connectivity index (χ1v) is 8.10. The Kier molecular flexibility index (Phi) is 5.26. The van der Waals surface area contributed by atoms with Crippen LogP contribution in [0.5, 0.6) is 0 Å². The number of rotatable bonds is 6. The van der Waals surface area contributed by atoms with Crippen LogP contribution in [0.2, 0.25) is 0 Å². The van der Waals surface area contributed by atoms with Crippen LogP contribution >= 0.6 is 0 Å². The Labute approximate surface area is 149 Å². The molecule has 3 rings (SSSR count). The van der Waals surface area contributed by atoms with Crippen LogP contribution in [-0.2, 0) is 11.3 Å². The SMILES string of the molecule is CC(Nc1cccc(Cn2cccn2)c1)C(=O)Nc1cc(F)ccc1F. The Bertz CT molecular complexity index is 896. The lowest BCUT2D eigenvalue weighted by atomic mass is 10.2. The van der Waals surface area contributed by atoms with Crippen molar-refractivity contribution < 1.29 is 13.6 Å². The Balaban J connectivity index is 1.64. The molecule has 0 aliphatic heterocycles. The molecule has 1 unspecified atom stereocenters. The first-order valence-electron chi connectivity index (χ1n) is 8.10. The molecule has 0 bridgehead atoms. The summed E-state index contributed by atoms with van der Waals surface area (Å²) in [6.45, 7) is 2.25. The van der Waals surface area contributed by atoms with E-state index in [1.54, 1.807) is 17.8 Å². The fourth-order valence-electron chi connectivity index (χ4n) is 2.49. The van der Waals surface area contributed by atoms with Crippen molar-refractivity contribution >= 4 is 17.3 Å². The van der Waals surface area contributed by atoms with E-state index in [-0.39, 0.29) is 5.69 Å². The fraction of sp³-hybridized carbons (Fsp3) is 0.158. The maximum Gasteiger partial charge on any atom is 0.246 e. The van der Waals surface area contributed by atoms with Crippen molar-refractivity contribution in [3.8, 4) is 0 Å². The van der Waals surface area contributed by atoms with Crippen LogP contribution < -0.4 is 10.6 Å². The number of hydrogen-bond acceptors (Lipinski definition) is 3. The molecule has 1 heterocycles. The number of carbonyl (C=O) groups excluding carboxylic acids is 1. The molecule has 3 aromatic rings. The molecular weight excluding hydrogens is 338 g/mol. The Morgan fingerprint density at radius 1 is 1.19 bits per heavy atom. The molecule has 1 aromatic heterocycles. The van der Waals surface area contributed by atoms with E-state index in [2.05, 4.69) is 15.7 Å². The van der Waals surface area contributed by atoms with Crippen molar-refractivity contribution in [3.63, 3.8) is 0 Å². The van der Waals surface area contributed by atoms with Crippen LogP contribution in [0.15, 0.2) is 60.9 Å². The number of halogens is 2. The van der Waals surface area contributed by atoms with Gasteiger partial charge >= 0.3 is 0 Å². The summed E-state index contributed by atoms with van der Waals surface area (Å²) < 4.78 is 28.6. The molecule has 134 valence electrons. The van der Waals surface area contributed by atoms with Crippen molar-refractivity contribution in [2.45, 2.75) is 19.5 Å². The van der Waals surface area contributed by atoms with E-state index in [0.29, 0.717) is 6.54 Å². The molecule has 1 atom stereocenters. The zero-order valence-electron chi connectivity index (χ0n) is 14.1. The minimum Gasteiger partial charge on any atom is -0.374 e. The van der Waals surface area contributed by atoms with Gasteiger partial charge in [0.15, 0.2) is 0 Å². The van der Waals surface area contributed by atoms with Gasteiger partial charge in [0.05, 0.1) is 12.2 Å². The monoisotopic (exact) mass is 356 g/mol. The van der Waals surface area contributed by atoms with Crippen molar-refractivity contribution in [2.75, 3.05) is 10.6 Å². The zero-order chi connectivity index (χ0) is 18.5. The van der Waals surface area contributed by atoms with E-state index < -0.39 is 23.6 Å². The second kappa shape index (κ2) is 7.77. The van der Waals surface area contributed by atoms with E-state index in [9.17, 15) is 13.6 Å². The molecule has 0 spiro atoms. The van der Waals surface area contributed by atoms with Crippen molar-refractivity contribution in [2.24, 2.45) is 0 Å². The van der Waals surface area contributed by atoms with Crippen LogP contribution in [-0.4, -0.2) is 21.7 Å². The molecule has 0 radical (unpaired) electrons. The Morgan fingerprint density at radius 3 is 2.81 bits per heavy atom. The smallest absolute Gasteiger partial charge is 0.246 e. The highest BCUT2D eigenvalue weighted by atomic mass is 19.1. The molecule has 26 heavy (non-hydrogen) atoms. The molecule has 0 fully saturated rings. The summed E-state index contributed by atoms with van der Waals surface area (Å²) >= 11 is 0. The number of benzene rings is 2. The maximum absolute atomic E-state index is 13.6. The number of hydrogen-bond donors (Lipinski definition) is 2. The summed E-state index contributed by atoms with van der Waals surface area (Å²) in [7, 11) is 0. The minimum atomic E-state index is -0.687. The van der Waals surface area contributed by atoms with Gasteiger partial charge in [-0.05, 0) is 42.8 Å². The van der Waals surface area contributed by atoms with Gasteiger partial charge in [-0.3, -0.25) is 9.48 Å². The quantitative estimate of drug-likeness (QED) is 0.709. The highest BCUT2D eigenvalue weighted by Gasteiger charge is 2.15. The van der Waals surface area contributed by atoms with E-state index in [1.807, 2.05) is 36.5 Å². The van der Waals surface area contributed by atoms with Crippen LogP contribution in [0.25, 0.3) is 0 Å². The van der Waals surface area contributed by atoms with Gasteiger partial charge < -0.3 is 10.6 Å². The third-order valence-electron chi connectivity index (χ3n) is 3.79. The van der Waals surface area contributed by atoms with Crippen molar-refractivity contribution in [3.05, 3.63) is 78.1 Å².